The Morgan fingerprint density at radius 3 is 1.33 bits per heavy atom. The molecule has 9 amide bonds. The van der Waals surface area contributed by atoms with Crippen LogP contribution >= 0.6 is 22.6 Å². The van der Waals surface area contributed by atoms with E-state index in [1.165, 1.54) is 139 Å². The minimum absolute atomic E-state index is 0. The number of fused-ring (bicyclic) bond motifs is 15. The summed E-state index contributed by atoms with van der Waals surface area (Å²) >= 11 is 0.0528. The number of nitrogens with zero attached hydrogens (tertiary/aromatic N) is 12. The number of allylic oxidation sites excluding steroid dienone is 2. The van der Waals surface area contributed by atoms with Crippen LogP contribution < -0.4 is 21.3 Å². The van der Waals surface area contributed by atoms with Crippen LogP contribution in [0.1, 0.15) is 206 Å². The van der Waals surface area contributed by atoms with E-state index in [4.69, 9.17) is 13.8 Å². The summed E-state index contributed by atoms with van der Waals surface area (Å²) in [5.41, 5.74) is 18.9. The molecule has 9 aromatic rings. The van der Waals surface area contributed by atoms with Crippen molar-refractivity contribution in [3.63, 3.8) is 0 Å². The first-order valence-corrected chi connectivity index (χ1v) is 56.5. The molecule has 0 radical (unpaired) electrons. The third kappa shape index (κ3) is 24.3. The van der Waals surface area contributed by atoms with Crippen molar-refractivity contribution in [2.45, 2.75) is 164 Å². The summed E-state index contributed by atoms with van der Waals surface area (Å²) < 4.78 is 25.3. The fourth-order valence-electron chi connectivity index (χ4n) is 18.9. The molecule has 140 heavy (non-hydrogen) atoms. The molecule has 12 aliphatic rings. The van der Waals surface area contributed by atoms with Crippen molar-refractivity contribution in [3.05, 3.63) is 275 Å². The van der Waals surface area contributed by atoms with E-state index in [1.54, 1.807) is 86.1 Å². The van der Waals surface area contributed by atoms with Gasteiger partial charge in [-0.3, -0.25) is 62.3 Å². The van der Waals surface area contributed by atoms with Gasteiger partial charge in [0, 0.05) is 185 Å². The maximum Gasteiger partial charge on any atom is 0.248 e. The molecule has 0 atom stereocenters. The number of aromatic nitrogens is 6. The van der Waals surface area contributed by atoms with Gasteiger partial charge in [0.05, 0.1) is 79.1 Å². The number of ether oxygens (including phenoxy) is 1. The number of rotatable bonds is 20. The van der Waals surface area contributed by atoms with Crippen LogP contribution in [0.3, 0.4) is 0 Å². The maximum atomic E-state index is 12.8. The largest absolute Gasteiger partial charge is 0.383 e. The molecule has 0 bridgehead atoms. The number of unbranched alkanes of at least 4 members (excludes halogenated alkanes) is 3. The van der Waals surface area contributed by atoms with Gasteiger partial charge in [0.15, 0.2) is 23.1 Å². The molecule has 5 aromatic carbocycles. The molecule has 0 unspecified atom stereocenters. The number of ketones is 2. The van der Waals surface area contributed by atoms with Crippen molar-refractivity contribution < 1.29 is 66.5 Å². The van der Waals surface area contributed by atoms with E-state index in [2.05, 4.69) is 114 Å². The number of benzene rings is 5. The number of nitrogens with one attached hydrogen (secondary N) is 5. The number of Topliss-reactive ketones (excluding diaryl/α,β-unsaturated/α-hetero) is 1. The summed E-state index contributed by atoms with van der Waals surface area (Å²) in [6, 6.07) is 32.4. The van der Waals surface area contributed by atoms with Crippen LogP contribution in [-0.2, 0) is 80.0 Å². The first-order chi connectivity index (χ1) is 67.4. The Balaban J connectivity index is 0.000000132. The van der Waals surface area contributed by atoms with Gasteiger partial charge in [0.1, 0.15) is 18.7 Å². The van der Waals surface area contributed by atoms with Crippen LogP contribution in [0, 0.1) is 3.57 Å². The fourth-order valence-corrected chi connectivity index (χ4v) is 34.3. The normalized spacial score (nSPS) is 16.9. The monoisotopic (exact) mass is 2120 g/mol. The Hall–Kier alpha value is -13.5. The van der Waals surface area contributed by atoms with E-state index in [0.29, 0.717) is 91.9 Å². The molecule has 31 nitrogen and oxygen atoms in total. The summed E-state index contributed by atoms with van der Waals surface area (Å²) in [7, 11) is 3.70. The zero-order valence-corrected chi connectivity index (χ0v) is 84.7. The Kier molecular flexibility index (Phi) is 34.7. The molecular formula is C107H122IN17O14Sn. The van der Waals surface area contributed by atoms with Gasteiger partial charge in [-0.25, -0.2) is 9.97 Å². The van der Waals surface area contributed by atoms with E-state index in [1.807, 2.05) is 109 Å². The number of amides is 9. The minimum Gasteiger partial charge on any atom is -0.383 e. The third-order valence-corrected chi connectivity index (χ3v) is 42.4. The number of halogens is 1. The van der Waals surface area contributed by atoms with E-state index >= 15 is 0 Å². The number of hydrogen-bond acceptors (Lipinski definition) is 20. The number of hydrogen-bond donors (Lipinski definition) is 5. The van der Waals surface area contributed by atoms with Crippen molar-refractivity contribution in [1.82, 2.24) is 80.5 Å². The quantitative estimate of drug-likeness (QED) is 0.0155. The molecule has 730 valence electrons. The number of carbonyl (C=O) groups excluding carboxylic acids is 11. The zero-order valence-electron chi connectivity index (χ0n) is 79.6. The summed E-state index contributed by atoms with van der Waals surface area (Å²) in [5, 5.41) is 17.9. The van der Waals surface area contributed by atoms with Gasteiger partial charge in [-0.15, -0.1) is 0 Å². The van der Waals surface area contributed by atoms with Crippen LogP contribution in [0.25, 0.3) is 51.1 Å². The second-order valence-electron chi connectivity index (χ2n) is 35.9. The predicted molar refractivity (Wildman–Crippen MR) is 547 cm³/mol. The third-order valence-electron chi connectivity index (χ3n) is 26.4. The molecule has 4 aromatic heterocycles. The van der Waals surface area contributed by atoms with Crippen molar-refractivity contribution in [3.8, 4) is 22.6 Å². The van der Waals surface area contributed by atoms with Gasteiger partial charge in [-0.1, -0.05) is 103 Å². The molecule has 2 fully saturated rings. The molecule has 2 saturated carbocycles. The summed E-state index contributed by atoms with van der Waals surface area (Å²) in [6.07, 6.45) is 38.6. The number of aliphatic imine (C=N–C) groups is 1. The molecule has 2 aliphatic carbocycles. The topological polar surface area (TPSA) is 375 Å². The Morgan fingerprint density at radius 2 is 0.914 bits per heavy atom. The molecule has 14 heterocycles. The fraction of sp³-hybridized carbons (Fsp3) is 0.364. The number of imidazole rings is 2. The van der Waals surface area contributed by atoms with Crippen LogP contribution in [0.15, 0.2) is 208 Å². The van der Waals surface area contributed by atoms with Crippen LogP contribution in [-0.4, -0.2) is 234 Å². The van der Waals surface area contributed by atoms with E-state index < -0.39 is 18.4 Å². The number of aromatic amines is 1. The van der Waals surface area contributed by atoms with E-state index in [0.717, 1.165) is 110 Å². The van der Waals surface area contributed by atoms with Crippen molar-refractivity contribution in [1.29, 1.82) is 0 Å². The van der Waals surface area contributed by atoms with Gasteiger partial charge in [-0.05, 0) is 121 Å². The first kappa shape index (κ1) is 102. The van der Waals surface area contributed by atoms with Gasteiger partial charge < -0.3 is 64.7 Å². The van der Waals surface area contributed by atoms with Gasteiger partial charge in [0.25, 0.3) is 0 Å². The van der Waals surface area contributed by atoms with E-state index in [-0.39, 0.29) is 105 Å². The van der Waals surface area contributed by atoms with Crippen LogP contribution in [0.4, 0.5) is 0 Å². The molecule has 0 spiro atoms. The van der Waals surface area contributed by atoms with Gasteiger partial charge >= 0.3 is 120 Å². The standard InChI is InChI=1S/C22H19N5O2.C18H19N3O3.C16H13N3O3.C15H14N2O3.C13H11IN2O2.C6H8N2.C4H7O.3C4H9.CH4.Sn/c28-22-11-23-21(26-12-18(24-13-26)14-4-5-14)10-19-16-2-1-3-17(20-6-8-25-29-20)15(16)7-9-27(19)22;1-20(2)8-7-16(22)14-5-3-4-13-12(14)6-9-21-15(13)10-17(23)19-11-18(21)24;20-15-8-13-11-2-1-3-12(14-4-6-18-22-14)10(11)5-7-19(13)16(21)9-17-15;1-9(18)10-3-2-4-12-11(10)5-6-17-13(12)7-14(19)16-8-15(17)20;14-10-3-1-2-9-8(10)4-5-16-11(9)6-12(17)15-7-13(16)18;1-2-5(1)6-3-7-4-8-6;1-3-5-4-2;3*1-3-4-2;;/h1-3,6,8,10,12-14H,4-5,7,9,11H2;3-5,7-8,10H,6,9,11H2,1-2H3,(H,19,23);1-4,6,8H,5,7,9H2,(H,17,20);2-4,7H,5-6,8H2,1H3,(H,16,19);1-3,6H,4-5,7H2,(H,15,17);3-5H,1-2H2,(H,7,8);1,4H2,2H3;3*1,3-4H2,2H3;1H4;/b;8-7+;;;;;;;;;;. The van der Waals surface area contributed by atoms with Gasteiger partial charge in [0.2, 0.25) is 53.2 Å². The first-order valence-electron chi connectivity index (χ1n) is 48.0. The molecule has 21 rings (SSSR count). The maximum absolute atomic E-state index is 12.8. The van der Waals surface area contributed by atoms with Crippen molar-refractivity contribution >= 4 is 140 Å². The molecular weight excluding hydrogens is 1990 g/mol. The smallest absolute Gasteiger partial charge is 0.248 e. The average molecular weight is 2120 g/mol. The van der Waals surface area contributed by atoms with Crippen LogP contribution in [0.5, 0.6) is 0 Å². The van der Waals surface area contributed by atoms with Crippen molar-refractivity contribution in [2.24, 2.45) is 4.99 Å². The van der Waals surface area contributed by atoms with Crippen LogP contribution in [0.2, 0.25) is 13.3 Å². The summed E-state index contributed by atoms with van der Waals surface area (Å²) in [5.74, 6) is 2.09. The molecule has 0 saturated heterocycles. The average Bonchev–Trinajstić information content (AvgIpc) is 1.61. The number of carbonyl (C=O) groups is 11. The second-order valence-corrected chi connectivity index (χ2v) is 50.3. The predicted octanol–water partition coefficient (Wildman–Crippen LogP) is 14.8. The molecule has 5 N–H and O–H groups in total. The second kappa shape index (κ2) is 47.4. The SMILES string of the molecule is C.C=[C](OCC)[Sn]([CH2]CCC)([CH2]CCC)[CH2]CCC.CC(=O)c1cccc2c1CCN1C(=O)CNC(=O)C=C21.CN(C)/C=C/C(=O)c1cccc2c1CCN1C(=O)CNC(=O)C=C21.O=C1C=C2c3cccc(-c4ccno4)c3CCN2C(=O)CN1.O=C1C=C2c3cccc(I)c3CCN2C(=O)CN1.O=C1CN=C(n2cnc(C3CC3)c2)C=C2c3cccc(-c4ccno4)c3CCN12.c1ncc(C2CC2)[nH]1. The molecule has 10 aliphatic heterocycles. The molecule has 33 heteroatoms. The summed E-state index contributed by atoms with van der Waals surface area (Å²) in [6.45, 7) is 18.8. The van der Waals surface area contributed by atoms with Crippen molar-refractivity contribution in [2.75, 3.05) is 86.1 Å². The van der Waals surface area contributed by atoms with Gasteiger partial charge in [-0.2, -0.15) is 0 Å². The Bertz CT molecular complexity index is 6370. The van der Waals surface area contributed by atoms with E-state index in [9.17, 15) is 52.7 Å². The Morgan fingerprint density at radius 1 is 0.514 bits per heavy atom. The summed E-state index contributed by atoms with van der Waals surface area (Å²) in [4.78, 5) is 159. The zero-order chi connectivity index (χ0) is 98.0. The number of H-pyrrole nitrogens is 1. The Labute approximate surface area is 833 Å². The minimum atomic E-state index is -2.24.